The molecule has 0 saturated carbocycles. The first-order chi connectivity index (χ1) is 5.38. The van der Waals surface area contributed by atoms with Gasteiger partial charge in [0.05, 0.1) is 7.11 Å². The van der Waals surface area contributed by atoms with Crippen LogP contribution in [0.5, 0.6) is 5.88 Å². The lowest BCUT2D eigenvalue weighted by Crippen LogP contribution is -1.94. The van der Waals surface area contributed by atoms with Crippen LogP contribution in [0.2, 0.25) is 0 Å². The summed E-state index contributed by atoms with van der Waals surface area (Å²) < 4.78 is 5.05. The van der Waals surface area contributed by atoms with Crippen molar-refractivity contribution in [3.63, 3.8) is 0 Å². The van der Waals surface area contributed by atoms with Crippen LogP contribution in [-0.2, 0) is 6.42 Å². The summed E-state index contributed by atoms with van der Waals surface area (Å²) in [6.45, 7) is 0. The molecule has 0 spiro atoms. The van der Waals surface area contributed by atoms with E-state index in [1.165, 1.54) is 0 Å². The van der Waals surface area contributed by atoms with Gasteiger partial charge in [0, 0.05) is 11.8 Å². The van der Waals surface area contributed by atoms with Gasteiger partial charge in [0.25, 0.3) is 0 Å². The lowest BCUT2D eigenvalue weighted by Gasteiger charge is -2.03. The van der Waals surface area contributed by atoms with Gasteiger partial charge in [0.15, 0.2) is 0 Å². The molecule has 0 fully saturated rings. The van der Waals surface area contributed by atoms with Gasteiger partial charge < -0.3 is 4.74 Å². The monoisotopic (exact) mass is 169 g/mol. The van der Waals surface area contributed by atoms with E-state index in [0.717, 1.165) is 17.7 Å². The number of pyridine rings is 1. The molecule has 0 radical (unpaired) electrons. The van der Waals surface area contributed by atoms with Gasteiger partial charge in [-0.25, -0.2) is 4.98 Å². The Balaban J connectivity index is 2.83. The van der Waals surface area contributed by atoms with E-state index in [2.05, 4.69) is 17.6 Å². The predicted octanol–water partition coefficient (Wildman–Crippen LogP) is 1.56. The highest BCUT2D eigenvalue weighted by atomic mass is 32.1. The zero-order chi connectivity index (χ0) is 8.10. The van der Waals surface area contributed by atoms with Crippen LogP contribution in [0.25, 0.3) is 0 Å². The number of methoxy groups -OCH3 is 1. The first-order valence-corrected chi connectivity index (χ1v) is 4.10. The molecule has 1 rings (SSSR count). The molecule has 1 aromatic rings. The second-order valence-electron chi connectivity index (χ2n) is 2.15. The van der Waals surface area contributed by atoms with E-state index in [0.29, 0.717) is 5.88 Å². The highest BCUT2D eigenvalue weighted by Crippen LogP contribution is 2.13. The molecule has 0 aromatic carbocycles. The molecule has 1 aromatic heterocycles. The van der Waals surface area contributed by atoms with Crippen molar-refractivity contribution >= 4 is 12.6 Å². The van der Waals surface area contributed by atoms with Crippen LogP contribution in [0, 0.1) is 0 Å². The van der Waals surface area contributed by atoms with E-state index in [1.54, 1.807) is 13.3 Å². The lowest BCUT2D eigenvalue weighted by molar-refractivity contribution is 0.393. The van der Waals surface area contributed by atoms with Crippen molar-refractivity contribution in [3.05, 3.63) is 23.9 Å². The van der Waals surface area contributed by atoms with Crippen LogP contribution in [0.1, 0.15) is 5.56 Å². The quantitative estimate of drug-likeness (QED) is 0.694. The predicted molar refractivity (Wildman–Crippen MR) is 48.3 cm³/mol. The van der Waals surface area contributed by atoms with Crippen molar-refractivity contribution in [1.82, 2.24) is 4.98 Å². The molecular weight excluding hydrogens is 158 g/mol. The van der Waals surface area contributed by atoms with Gasteiger partial charge in [-0.2, -0.15) is 12.6 Å². The van der Waals surface area contributed by atoms with Crippen LogP contribution < -0.4 is 4.74 Å². The van der Waals surface area contributed by atoms with Gasteiger partial charge >= 0.3 is 0 Å². The van der Waals surface area contributed by atoms with Crippen molar-refractivity contribution in [1.29, 1.82) is 0 Å². The van der Waals surface area contributed by atoms with Crippen LogP contribution >= 0.6 is 12.6 Å². The Labute approximate surface area is 72.0 Å². The highest BCUT2D eigenvalue weighted by Gasteiger charge is 1.99. The molecule has 3 heteroatoms. The van der Waals surface area contributed by atoms with Crippen molar-refractivity contribution in [3.8, 4) is 5.88 Å². The summed E-state index contributed by atoms with van der Waals surface area (Å²) >= 11 is 4.13. The number of thiol groups is 1. The molecule has 2 nitrogen and oxygen atoms in total. The van der Waals surface area contributed by atoms with E-state index in [-0.39, 0.29) is 0 Å². The first-order valence-electron chi connectivity index (χ1n) is 3.47. The minimum absolute atomic E-state index is 0.710. The van der Waals surface area contributed by atoms with E-state index in [1.807, 2.05) is 12.1 Å². The van der Waals surface area contributed by atoms with Gasteiger partial charge in [-0.05, 0) is 18.2 Å². The summed E-state index contributed by atoms with van der Waals surface area (Å²) in [5, 5.41) is 0. The van der Waals surface area contributed by atoms with Gasteiger partial charge in [0.1, 0.15) is 0 Å². The van der Waals surface area contributed by atoms with Gasteiger partial charge in [0.2, 0.25) is 5.88 Å². The molecule has 11 heavy (non-hydrogen) atoms. The summed E-state index contributed by atoms with van der Waals surface area (Å²) in [6, 6.07) is 3.91. The molecule has 0 atom stereocenters. The topological polar surface area (TPSA) is 22.1 Å². The molecule has 0 N–H and O–H groups in total. The average molecular weight is 169 g/mol. The summed E-state index contributed by atoms with van der Waals surface area (Å²) in [5.74, 6) is 1.53. The molecule has 0 saturated heterocycles. The Kier molecular flexibility index (Phi) is 3.23. The maximum Gasteiger partial charge on any atom is 0.216 e. The third-order valence-electron chi connectivity index (χ3n) is 1.42. The Morgan fingerprint density at radius 3 is 3.09 bits per heavy atom. The van der Waals surface area contributed by atoms with E-state index >= 15 is 0 Å². The number of aryl methyl sites for hydroxylation is 1. The molecule has 0 bridgehead atoms. The zero-order valence-corrected chi connectivity index (χ0v) is 7.34. The van der Waals surface area contributed by atoms with Gasteiger partial charge in [-0.15, -0.1) is 0 Å². The number of aromatic nitrogens is 1. The summed E-state index contributed by atoms with van der Waals surface area (Å²) in [7, 11) is 1.63. The number of hydrogen-bond donors (Lipinski definition) is 1. The molecule has 0 amide bonds. The Bertz CT molecular complexity index is 227. The molecular formula is C8H11NOS. The molecule has 60 valence electrons. The highest BCUT2D eigenvalue weighted by molar-refractivity contribution is 7.80. The Morgan fingerprint density at radius 2 is 2.45 bits per heavy atom. The summed E-state index contributed by atoms with van der Waals surface area (Å²) in [4.78, 5) is 4.06. The Morgan fingerprint density at radius 1 is 1.64 bits per heavy atom. The van der Waals surface area contributed by atoms with E-state index < -0.39 is 0 Å². The first kappa shape index (κ1) is 8.40. The third kappa shape index (κ3) is 2.12. The molecule has 0 aliphatic carbocycles. The largest absolute Gasteiger partial charge is 0.481 e. The fourth-order valence-corrected chi connectivity index (χ4v) is 1.16. The smallest absolute Gasteiger partial charge is 0.216 e. The van der Waals surface area contributed by atoms with Crippen molar-refractivity contribution < 1.29 is 4.74 Å². The normalized spacial score (nSPS) is 9.64. The standard InChI is InChI=1S/C8H11NOS/c1-10-8-7(4-6-11)3-2-5-9-8/h2-3,5,11H,4,6H2,1H3. The second-order valence-corrected chi connectivity index (χ2v) is 2.59. The van der Waals surface area contributed by atoms with Gasteiger partial charge in [-0.1, -0.05) is 6.07 Å². The second kappa shape index (κ2) is 4.23. The summed E-state index contributed by atoms with van der Waals surface area (Å²) in [5.41, 5.74) is 1.12. The molecule has 0 aliphatic heterocycles. The van der Waals surface area contributed by atoms with Crippen LogP contribution in [0.3, 0.4) is 0 Å². The van der Waals surface area contributed by atoms with Gasteiger partial charge in [-0.3, -0.25) is 0 Å². The number of ether oxygens (including phenoxy) is 1. The number of hydrogen-bond acceptors (Lipinski definition) is 3. The maximum atomic E-state index is 5.05. The van der Waals surface area contributed by atoms with Crippen molar-refractivity contribution in [2.45, 2.75) is 6.42 Å². The number of rotatable bonds is 3. The Hall–Kier alpha value is -0.700. The van der Waals surface area contributed by atoms with Crippen molar-refractivity contribution in [2.24, 2.45) is 0 Å². The molecule has 1 heterocycles. The zero-order valence-electron chi connectivity index (χ0n) is 6.45. The van der Waals surface area contributed by atoms with E-state index in [4.69, 9.17) is 4.74 Å². The van der Waals surface area contributed by atoms with E-state index in [9.17, 15) is 0 Å². The van der Waals surface area contributed by atoms with Crippen LogP contribution in [0.4, 0.5) is 0 Å². The number of nitrogens with zero attached hydrogens (tertiary/aromatic N) is 1. The van der Waals surface area contributed by atoms with Crippen molar-refractivity contribution in [2.75, 3.05) is 12.9 Å². The fourth-order valence-electron chi connectivity index (χ4n) is 0.919. The average Bonchev–Trinajstić information content (AvgIpc) is 2.06. The SMILES string of the molecule is COc1ncccc1CCS. The minimum atomic E-state index is 0.710. The molecule has 0 aliphatic rings. The third-order valence-corrected chi connectivity index (χ3v) is 1.65. The lowest BCUT2D eigenvalue weighted by atomic mass is 10.2. The van der Waals surface area contributed by atoms with Crippen LogP contribution in [-0.4, -0.2) is 17.8 Å². The minimum Gasteiger partial charge on any atom is -0.481 e. The maximum absolute atomic E-state index is 5.05. The summed E-state index contributed by atoms with van der Waals surface area (Å²) in [6.07, 6.45) is 2.63. The van der Waals surface area contributed by atoms with Crippen LogP contribution in [0.15, 0.2) is 18.3 Å². The fraction of sp³-hybridized carbons (Fsp3) is 0.375. The molecule has 0 unspecified atom stereocenters.